The lowest BCUT2D eigenvalue weighted by atomic mass is 10.0. The molecule has 5 nitrogen and oxygen atoms in total. The van der Waals surface area contributed by atoms with Crippen LogP contribution in [0.2, 0.25) is 0 Å². The van der Waals surface area contributed by atoms with Crippen molar-refractivity contribution in [1.29, 1.82) is 0 Å². The van der Waals surface area contributed by atoms with Gasteiger partial charge in [0.15, 0.2) is 6.29 Å². The molecule has 106 valence electrons. The second kappa shape index (κ2) is 4.94. The number of esters is 1. The van der Waals surface area contributed by atoms with E-state index in [2.05, 4.69) is 9.36 Å². The van der Waals surface area contributed by atoms with Crippen LogP contribution >= 0.6 is 11.5 Å². The minimum Gasteiger partial charge on any atom is -0.456 e. The van der Waals surface area contributed by atoms with Crippen molar-refractivity contribution in [2.75, 3.05) is 0 Å². The van der Waals surface area contributed by atoms with E-state index in [1.165, 1.54) is 0 Å². The molecule has 0 spiro atoms. The van der Waals surface area contributed by atoms with Crippen molar-refractivity contribution in [3.05, 3.63) is 22.5 Å². The number of aromatic nitrogens is 2. The molecule has 0 N–H and O–H groups in total. The van der Waals surface area contributed by atoms with Gasteiger partial charge in [-0.3, -0.25) is 4.79 Å². The van der Waals surface area contributed by atoms with Gasteiger partial charge in [0, 0.05) is 5.39 Å². The maximum absolute atomic E-state index is 12.3. The highest BCUT2D eigenvalue weighted by Gasteiger charge is 2.24. The number of aldehydes is 1. The molecule has 0 unspecified atom stereocenters. The number of fused-ring (bicyclic) bond motifs is 1. The van der Waals surface area contributed by atoms with Gasteiger partial charge in [0.25, 0.3) is 0 Å². The Morgan fingerprint density at radius 1 is 1.30 bits per heavy atom. The summed E-state index contributed by atoms with van der Waals surface area (Å²) < 4.78 is 9.45. The number of rotatable bonds is 2. The van der Waals surface area contributed by atoms with E-state index in [1.807, 2.05) is 20.8 Å². The predicted octanol–water partition coefficient (Wildman–Crippen LogP) is 3.08. The summed E-state index contributed by atoms with van der Waals surface area (Å²) in [5.41, 5.74) is 1.43. The molecule has 0 radical (unpaired) electrons. The summed E-state index contributed by atoms with van der Waals surface area (Å²) in [4.78, 5) is 28.3. The Hall–Kier alpha value is -1.82. The van der Waals surface area contributed by atoms with Crippen molar-refractivity contribution in [3.63, 3.8) is 0 Å². The second-order valence-electron chi connectivity index (χ2n) is 5.56. The Labute approximate surface area is 121 Å². The van der Waals surface area contributed by atoms with E-state index in [1.54, 1.807) is 13.8 Å². The monoisotopic (exact) mass is 292 g/mol. The topological polar surface area (TPSA) is 69.2 Å². The Kier molecular flexibility index (Phi) is 3.60. The van der Waals surface area contributed by atoms with E-state index in [0.717, 1.165) is 11.5 Å². The largest absolute Gasteiger partial charge is 0.456 e. The van der Waals surface area contributed by atoms with Crippen molar-refractivity contribution in [3.8, 4) is 0 Å². The van der Waals surface area contributed by atoms with Gasteiger partial charge in [-0.15, -0.1) is 0 Å². The molecule has 0 atom stereocenters. The van der Waals surface area contributed by atoms with Crippen LogP contribution in [0.1, 0.15) is 52.9 Å². The number of pyridine rings is 1. The van der Waals surface area contributed by atoms with Gasteiger partial charge in [0.1, 0.15) is 16.1 Å². The fourth-order valence-electron chi connectivity index (χ4n) is 2.04. The van der Waals surface area contributed by atoms with Gasteiger partial charge in [0.2, 0.25) is 0 Å². The van der Waals surface area contributed by atoms with Crippen molar-refractivity contribution in [1.82, 2.24) is 9.36 Å². The number of nitrogens with zero attached hydrogens (tertiary/aromatic N) is 2. The molecule has 2 aromatic rings. The van der Waals surface area contributed by atoms with Crippen LogP contribution in [0.15, 0.2) is 0 Å². The van der Waals surface area contributed by atoms with Crippen LogP contribution in [0.3, 0.4) is 0 Å². The van der Waals surface area contributed by atoms with Gasteiger partial charge < -0.3 is 4.74 Å². The van der Waals surface area contributed by atoms with E-state index in [4.69, 9.17) is 4.74 Å². The molecule has 20 heavy (non-hydrogen) atoms. The van der Waals surface area contributed by atoms with Gasteiger partial charge >= 0.3 is 5.97 Å². The molecule has 2 aromatic heterocycles. The van der Waals surface area contributed by atoms with Crippen molar-refractivity contribution < 1.29 is 14.3 Å². The summed E-state index contributed by atoms with van der Waals surface area (Å²) in [6.45, 7) is 8.98. The third-order valence-corrected chi connectivity index (χ3v) is 3.55. The third kappa shape index (κ3) is 2.56. The van der Waals surface area contributed by atoms with Gasteiger partial charge in [-0.05, 0) is 51.7 Å². The van der Waals surface area contributed by atoms with Crippen LogP contribution < -0.4 is 0 Å². The predicted molar refractivity (Wildman–Crippen MR) is 77.4 cm³/mol. The molecular weight excluding hydrogens is 276 g/mol. The van der Waals surface area contributed by atoms with Crippen molar-refractivity contribution >= 4 is 34.0 Å². The molecule has 0 aliphatic carbocycles. The normalized spacial score (nSPS) is 11.7. The van der Waals surface area contributed by atoms with Crippen LogP contribution in [-0.2, 0) is 4.74 Å². The Morgan fingerprint density at radius 3 is 2.50 bits per heavy atom. The minimum absolute atomic E-state index is 0.319. The number of aryl methyl sites for hydroxylation is 2. The minimum atomic E-state index is -0.578. The first-order valence-electron chi connectivity index (χ1n) is 6.19. The van der Waals surface area contributed by atoms with Crippen molar-refractivity contribution in [2.45, 2.75) is 40.2 Å². The quantitative estimate of drug-likeness (QED) is 0.628. The summed E-state index contributed by atoms with van der Waals surface area (Å²) in [5, 5.41) is 0.636. The molecule has 0 fully saturated rings. The zero-order valence-corrected chi connectivity index (χ0v) is 12.9. The highest BCUT2D eigenvalue weighted by Crippen LogP contribution is 2.28. The van der Waals surface area contributed by atoms with Crippen LogP contribution in [0, 0.1) is 13.8 Å². The van der Waals surface area contributed by atoms with Crippen LogP contribution in [0.25, 0.3) is 10.2 Å². The SMILES string of the molecule is Cc1nc2snc(C=O)c2c(C)c1C(=O)OC(C)(C)C. The molecule has 2 rings (SSSR count). The van der Waals surface area contributed by atoms with E-state index < -0.39 is 11.6 Å². The Morgan fingerprint density at radius 2 is 1.95 bits per heavy atom. The second-order valence-corrected chi connectivity index (χ2v) is 6.32. The van der Waals surface area contributed by atoms with Crippen molar-refractivity contribution in [2.24, 2.45) is 0 Å². The fourth-order valence-corrected chi connectivity index (χ4v) is 2.88. The maximum Gasteiger partial charge on any atom is 0.340 e. The molecule has 0 aliphatic heterocycles. The summed E-state index contributed by atoms with van der Waals surface area (Å²) in [5.74, 6) is -0.426. The lowest BCUT2D eigenvalue weighted by Crippen LogP contribution is -2.25. The number of hydrogen-bond acceptors (Lipinski definition) is 6. The average molecular weight is 292 g/mol. The van der Waals surface area contributed by atoms with Crippen LogP contribution in [-0.4, -0.2) is 27.2 Å². The van der Waals surface area contributed by atoms with E-state index in [9.17, 15) is 9.59 Å². The number of ether oxygens (including phenoxy) is 1. The molecule has 0 bridgehead atoms. The first-order chi connectivity index (χ1) is 9.24. The average Bonchev–Trinajstić information content (AvgIpc) is 2.69. The molecule has 0 aliphatic rings. The zero-order chi connectivity index (χ0) is 15.1. The number of carbonyl (C=O) groups is 2. The van der Waals surface area contributed by atoms with Crippen LogP contribution in [0.5, 0.6) is 0 Å². The molecule has 0 aromatic carbocycles. The molecular formula is C14H16N2O3S. The maximum atomic E-state index is 12.3. The molecule has 6 heteroatoms. The lowest BCUT2D eigenvalue weighted by molar-refractivity contribution is 0.00676. The van der Waals surface area contributed by atoms with E-state index >= 15 is 0 Å². The zero-order valence-electron chi connectivity index (χ0n) is 12.1. The summed E-state index contributed by atoms with van der Waals surface area (Å²) in [6, 6.07) is 0. The Bertz CT molecular complexity index is 698. The van der Waals surface area contributed by atoms with Crippen LogP contribution in [0.4, 0.5) is 0 Å². The van der Waals surface area contributed by atoms with E-state index in [-0.39, 0.29) is 0 Å². The third-order valence-electron chi connectivity index (χ3n) is 2.80. The standard InChI is InChI=1S/C14H16N2O3S/c1-7-10(13(18)19-14(3,4)5)8(2)15-12-11(7)9(6-17)16-20-12/h6H,1-5H3. The van der Waals surface area contributed by atoms with Gasteiger partial charge in [0.05, 0.1) is 11.3 Å². The highest BCUT2D eigenvalue weighted by molar-refractivity contribution is 7.13. The molecule has 2 heterocycles. The summed E-state index contributed by atoms with van der Waals surface area (Å²) in [6.07, 6.45) is 0.682. The fraction of sp³-hybridized carbons (Fsp3) is 0.429. The number of hydrogen-bond donors (Lipinski definition) is 0. The van der Waals surface area contributed by atoms with E-state index in [0.29, 0.717) is 39.0 Å². The molecule has 0 saturated heterocycles. The first-order valence-corrected chi connectivity index (χ1v) is 6.97. The Balaban J connectivity index is 2.64. The number of carbonyl (C=O) groups excluding carboxylic acids is 2. The highest BCUT2D eigenvalue weighted by atomic mass is 32.1. The summed E-state index contributed by atoms with van der Waals surface area (Å²) >= 11 is 1.16. The van der Waals surface area contributed by atoms with Gasteiger partial charge in [-0.1, -0.05) is 0 Å². The van der Waals surface area contributed by atoms with Gasteiger partial charge in [-0.2, -0.15) is 4.37 Å². The smallest absolute Gasteiger partial charge is 0.340 e. The van der Waals surface area contributed by atoms with Gasteiger partial charge in [-0.25, -0.2) is 9.78 Å². The molecule has 0 saturated carbocycles. The summed E-state index contributed by atoms with van der Waals surface area (Å²) in [7, 11) is 0. The molecule has 0 amide bonds. The lowest BCUT2D eigenvalue weighted by Gasteiger charge is -2.20. The first kappa shape index (κ1) is 14.6.